The second-order valence-electron chi connectivity index (χ2n) is 5.06. The quantitative estimate of drug-likeness (QED) is 0.739. The first kappa shape index (κ1) is 12.9. The Balaban J connectivity index is 1.79. The first-order chi connectivity index (χ1) is 8.49. The number of amides is 2. The van der Waals surface area contributed by atoms with E-state index in [-0.39, 0.29) is 17.7 Å². The van der Waals surface area contributed by atoms with Crippen LogP contribution < -0.4 is 0 Å². The number of hydrogen-bond acceptors (Lipinski definition) is 3. The molecule has 0 spiro atoms. The maximum absolute atomic E-state index is 12.1. The predicted octanol–water partition coefficient (Wildman–Crippen LogP) is -0.212. The Morgan fingerprint density at radius 3 is 2.00 bits per heavy atom. The van der Waals surface area contributed by atoms with Gasteiger partial charge in [-0.3, -0.25) is 14.4 Å². The van der Waals surface area contributed by atoms with Crippen LogP contribution in [0.2, 0.25) is 0 Å². The zero-order valence-corrected chi connectivity index (χ0v) is 10.5. The highest BCUT2D eigenvalue weighted by Gasteiger charge is 2.39. The summed E-state index contributed by atoms with van der Waals surface area (Å²) in [5, 5.41) is 8.76. The van der Waals surface area contributed by atoms with Gasteiger partial charge >= 0.3 is 5.97 Å². The molecule has 0 unspecified atom stereocenters. The van der Waals surface area contributed by atoms with Crippen LogP contribution in [0.15, 0.2) is 0 Å². The van der Waals surface area contributed by atoms with Crippen molar-refractivity contribution in [3.05, 3.63) is 0 Å². The van der Waals surface area contributed by atoms with Crippen molar-refractivity contribution in [2.24, 2.45) is 11.8 Å². The highest BCUT2D eigenvalue weighted by molar-refractivity contribution is 5.83. The van der Waals surface area contributed by atoms with Crippen LogP contribution in [0.4, 0.5) is 0 Å². The fourth-order valence-electron chi connectivity index (χ4n) is 2.51. The van der Waals surface area contributed by atoms with E-state index >= 15 is 0 Å². The molecule has 0 aliphatic carbocycles. The zero-order chi connectivity index (χ0) is 13.3. The predicted molar refractivity (Wildman–Crippen MR) is 62.7 cm³/mol. The minimum Gasteiger partial charge on any atom is -0.481 e. The summed E-state index contributed by atoms with van der Waals surface area (Å²) in [7, 11) is 0. The van der Waals surface area contributed by atoms with E-state index in [4.69, 9.17) is 5.11 Å². The normalized spacial score (nSPS) is 21.6. The Bertz CT molecular complexity index is 368. The van der Waals surface area contributed by atoms with Crippen LogP contribution in [-0.4, -0.2) is 58.9 Å². The summed E-state index contributed by atoms with van der Waals surface area (Å²) in [6.07, 6.45) is 1.37. The van der Waals surface area contributed by atoms with Crippen LogP contribution in [0.5, 0.6) is 0 Å². The maximum atomic E-state index is 12.1. The van der Waals surface area contributed by atoms with E-state index < -0.39 is 11.9 Å². The van der Waals surface area contributed by atoms with E-state index in [1.54, 1.807) is 9.80 Å². The van der Waals surface area contributed by atoms with Crippen molar-refractivity contribution in [3.8, 4) is 0 Å². The largest absolute Gasteiger partial charge is 0.481 e. The van der Waals surface area contributed by atoms with Gasteiger partial charge in [0.05, 0.1) is 5.92 Å². The lowest BCUT2D eigenvalue weighted by Crippen LogP contribution is -2.55. The summed E-state index contributed by atoms with van der Waals surface area (Å²) in [5.41, 5.74) is 0. The molecule has 0 aromatic heterocycles. The van der Waals surface area contributed by atoms with Crippen molar-refractivity contribution < 1.29 is 19.5 Å². The topological polar surface area (TPSA) is 77.9 Å². The van der Waals surface area contributed by atoms with Crippen LogP contribution in [0.1, 0.15) is 19.8 Å². The molecule has 1 N–H and O–H groups in total. The number of carboxylic acids is 1. The molecule has 0 atom stereocenters. The number of carbonyl (C=O) groups excluding carboxylic acids is 2. The Labute approximate surface area is 106 Å². The molecule has 2 aliphatic rings. The molecule has 2 rings (SSSR count). The third-order valence-electron chi connectivity index (χ3n) is 3.83. The van der Waals surface area contributed by atoms with Crippen LogP contribution in [0.25, 0.3) is 0 Å². The second-order valence-corrected chi connectivity index (χ2v) is 5.06. The number of carboxylic acid groups (broad SMARTS) is 1. The van der Waals surface area contributed by atoms with E-state index in [1.807, 2.05) is 0 Å². The van der Waals surface area contributed by atoms with Crippen molar-refractivity contribution >= 4 is 17.8 Å². The highest BCUT2D eigenvalue weighted by atomic mass is 16.4. The van der Waals surface area contributed by atoms with Crippen molar-refractivity contribution in [1.29, 1.82) is 0 Å². The van der Waals surface area contributed by atoms with Crippen molar-refractivity contribution in [2.75, 3.05) is 26.2 Å². The summed E-state index contributed by atoms with van der Waals surface area (Å²) in [5.74, 6) is -1.17. The summed E-state index contributed by atoms with van der Waals surface area (Å²) >= 11 is 0. The summed E-state index contributed by atoms with van der Waals surface area (Å²) in [6, 6.07) is 0. The Kier molecular flexibility index (Phi) is 3.54. The minimum absolute atomic E-state index is 0.0460. The molecule has 2 saturated heterocycles. The lowest BCUT2D eigenvalue weighted by atomic mass is 9.91. The van der Waals surface area contributed by atoms with Crippen molar-refractivity contribution in [1.82, 2.24) is 9.80 Å². The van der Waals surface area contributed by atoms with Gasteiger partial charge in [0.15, 0.2) is 0 Å². The molecule has 0 radical (unpaired) electrons. The van der Waals surface area contributed by atoms with E-state index in [9.17, 15) is 14.4 Å². The van der Waals surface area contributed by atoms with Crippen LogP contribution in [0, 0.1) is 11.8 Å². The zero-order valence-electron chi connectivity index (χ0n) is 10.5. The van der Waals surface area contributed by atoms with Gasteiger partial charge in [-0.05, 0) is 12.8 Å². The fourth-order valence-corrected chi connectivity index (χ4v) is 2.51. The van der Waals surface area contributed by atoms with Gasteiger partial charge in [-0.15, -0.1) is 0 Å². The van der Waals surface area contributed by atoms with Crippen LogP contribution in [-0.2, 0) is 14.4 Å². The number of piperidine rings is 1. The lowest BCUT2D eigenvalue weighted by molar-refractivity contribution is -0.155. The average molecular weight is 254 g/mol. The number of carbonyl (C=O) groups is 3. The van der Waals surface area contributed by atoms with Gasteiger partial charge in [-0.25, -0.2) is 0 Å². The Hall–Kier alpha value is -1.59. The monoisotopic (exact) mass is 254 g/mol. The van der Waals surface area contributed by atoms with Crippen LogP contribution >= 0.6 is 0 Å². The SMILES string of the molecule is CC(=O)N1CCC(C(=O)N2CC(C(=O)O)C2)CC1. The van der Waals surface area contributed by atoms with Crippen molar-refractivity contribution in [2.45, 2.75) is 19.8 Å². The molecule has 6 heteroatoms. The first-order valence-corrected chi connectivity index (χ1v) is 6.26. The van der Waals surface area contributed by atoms with Gasteiger partial charge in [-0.1, -0.05) is 0 Å². The molecule has 2 amide bonds. The van der Waals surface area contributed by atoms with Gasteiger partial charge in [0, 0.05) is 39.0 Å². The molecular formula is C12H18N2O4. The fraction of sp³-hybridized carbons (Fsp3) is 0.750. The third-order valence-corrected chi connectivity index (χ3v) is 3.83. The molecule has 0 aromatic rings. The van der Waals surface area contributed by atoms with E-state index in [1.165, 1.54) is 6.92 Å². The molecule has 0 saturated carbocycles. The molecule has 6 nitrogen and oxygen atoms in total. The van der Waals surface area contributed by atoms with Crippen LogP contribution in [0.3, 0.4) is 0 Å². The lowest BCUT2D eigenvalue weighted by Gasteiger charge is -2.40. The summed E-state index contributed by atoms with van der Waals surface area (Å²) < 4.78 is 0. The summed E-state index contributed by atoms with van der Waals surface area (Å²) in [4.78, 5) is 37.2. The van der Waals surface area contributed by atoms with Gasteiger partial charge < -0.3 is 14.9 Å². The van der Waals surface area contributed by atoms with Gasteiger partial charge in [0.1, 0.15) is 0 Å². The number of hydrogen-bond donors (Lipinski definition) is 1. The molecule has 2 fully saturated rings. The van der Waals surface area contributed by atoms with Gasteiger partial charge in [0.2, 0.25) is 11.8 Å². The molecule has 0 aromatic carbocycles. The first-order valence-electron chi connectivity index (χ1n) is 6.26. The van der Waals surface area contributed by atoms with Gasteiger partial charge in [-0.2, -0.15) is 0 Å². The number of likely N-dealkylation sites (tertiary alicyclic amines) is 2. The average Bonchev–Trinajstić information content (AvgIpc) is 2.26. The molecule has 2 aliphatic heterocycles. The molecule has 18 heavy (non-hydrogen) atoms. The summed E-state index contributed by atoms with van der Waals surface area (Å²) in [6.45, 7) is 3.46. The Morgan fingerprint density at radius 2 is 1.56 bits per heavy atom. The van der Waals surface area contributed by atoms with Crippen molar-refractivity contribution in [3.63, 3.8) is 0 Å². The molecule has 100 valence electrons. The molecular weight excluding hydrogens is 236 g/mol. The van der Waals surface area contributed by atoms with Gasteiger partial charge in [0.25, 0.3) is 0 Å². The third kappa shape index (κ3) is 2.47. The number of nitrogens with zero attached hydrogens (tertiary/aromatic N) is 2. The highest BCUT2D eigenvalue weighted by Crippen LogP contribution is 2.24. The van der Waals surface area contributed by atoms with E-state index in [2.05, 4.69) is 0 Å². The van der Waals surface area contributed by atoms with E-state index in [0.717, 1.165) is 0 Å². The number of rotatable bonds is 2. The molecule has 0 bridgehead atoms. The smallest absolute Gasteiger partial charge is 0.310 e. The van der Waals surface area contributed by atoms with E-state index in [0.29, 0.717) is 39.0 Å². The Morgan fingerprint density at radius 1 is 1.00 bits per heavy atom. The maximum Gasteiger partial charge on any atom is 0.310 e. The second kappa shape index (κ2) is 4.96. The number of aliphatic carboxylic acids is 1. The standard InChI is InChI=1S/C12H18N2O4/c1-8(15)13-4-2-9(3-5-13)11(16)14-6-10(7-14)12(17)18/h9-10H,2-7H2,1H3,(H,17,18). The minimum atomic E-state index is -0.828. The molecule has 2 heterocycles.